The van der Waals surface area contributed by atoms with Gasteiger partial charge in [-0.15, -0.1) is 0 Å². The fourth-order valence-electron chi connectivity index (χ4n) is 1.66. The van der Waals surface area contributed by atoms with Crippen molar-refractivity contribution in [2.24, 2.45) is 7.05 Å². The highest BCUT2D eigenvalue weighted by Gasteiger charge is 2.20. The molecule has 0 bridgehead atoms. The van der Waals surface area contributed by atoms with Crippen LogP contribution >= 0.6 is 0 Å². The monoisotopic (exact) mass is 217 g/mol. The third kappa shape index (κ3) is 1.99. The van der Waals surface area contributed by atoms with E-state index in [2.05, 4.69) is 15.5 Å². The zero-order chi connectivity index (χ0) is 11.0. The number of nitrogens with one attached hydrogen (secondary N) is 1. The second kappa shape index (κ2) is 3.75. The van der Waals surface area contributed by atoms with Gasteiger partial charge in [0.1, 0.15) is 5.69 Å². The first-order valence-electron chi connectivity index (χ1n) is 5.58. The Hall–Kier alpha value is -1.62. The Kier molecular flexibility index (Phi) is 2.25. The molecule has 0 saturated heterocycles. The largest absolute Gasteiger partial charge is 0.308 e. The lowest BCUT2D eigenvalue weighted by atomic mass is 10.4. The van der Waals surface area contributed by atoms with Crippen LogP contribution in [0, 0.1) is 0 Å². The van der Waals surface area contributed by atoms with E-state index >= 15 is 0 Å². The average molecular weight is 217 g/mol. The smallest absolute Gasteiger partial charge is 0.102 e. The Bertz CT molecular complexity index is 480. The van der Waals surface area contributed by atoms with Crippen molar-refractivity contribution < 1.29 is 0 Å². The molecule has 0 aromatic carbocycles. The number of hydrogen-bond donors (Lipinski definition) is 1. The molecule has 2 aromatic rings. The molecule has 3 rings (SSSR count). The summed E-state index contributed by atoms with van der Waals surface area (Å²) in [5.41, 5.74) is 2.08. The van der Waals surface area contributed by atoms with Crippen LogP contribution in [0.5, 0.6) is 0 Å². The highest BCUT2D eigenvalue weighted by atomic mass is 15.3. The van der Waals surface area contributed by atoms with Gasteiger partial charge in [0.25, 0.3) is 0 Å². The van der Waals surface area contributed by atoms with E-state index in [1.165, 1.54) is 12.8 Å². The van der Waals surface area contributed by atoms with Gasteiger partial charge < -0.3 is 5.32 Å². The van der Waals surface area contributed by atoms with Gasteiger partial charge in [-0.05, 0) is 18.9 Å². The van der Waals surface area contributed by atoms with Gasteiger partial charge in [0.05, 0.1) is 18.1 Å². The van der Waals surface area contributed by atoms with Gasteiger partial charge in [-0.1, -0.05) is 0 Å². The van der Waals surface area contributed by atoms with E-state index in [4.69, 9.17) is 0 Å². The van der Waals surface area contributed by atoms with E-state index in [1.54, 1.807) is 4.68 Å². The molecule has 2 heterocycles. The molecule has 1 saturated carbocycles. The lowest BCUT2D eigenvalue weighted by molar-refractivity contribution is 0.665. The van der Waals surface area contributed by atoms with Crippen molar-refractivity contribution in [2.75, 3.05) is 0 Å². The number of aromatic nitrogens is 4. The number of nitrogens with zero attached hydrogens (tertiary/aromatic N) is 4. The summed E-state index contributed by atoms with van der Waals surface area (Å²) in [5.74, 6) is 0. The second-order valence-corrected chi connectivity index (χ2v) is 4.28. The molecule has 5 nitrogen and oxygen atoms in total. The van der Waals surface area contributed by atoms with E-state index < -0.39 is 0 Å². The van der Waals surface area contributed by atoms with Crippen molar-refractivity contribution in [2.45, 2.75) is 25.4 Å². The van der Waals surface area contributed by atoms with Gasteiger partial charge in [-0.3, -0.25) is 4.68 Å². The fraction of sp³-hybridized carbons (Fsp3) is 0.455. The molecule has 0 amide bonds. The third-order valence-electron chi connectivity index (χ3n) is 2.75. The first-order valence-corrected chi connectivity index (χ1v) is 5.58. The molecule has 0 spiro atoms. The second-order valence-electron chi connectivity index (χ2n) is 4.28. The van der Waals surface area contributed by atoms with Crippen molar-refractivity contribution in [1.82, 2.24) is 24.9 Å². The Morgan fingerprint density at radius 1 is 1.50 bits per heavy atom. The van der Waals surface area contributed by atoms with Crippen molar-refractivity contribution >= 4 is 0 Å². The molecule has 1 fully saturated rings. The van der Waals surface area contributed by atoms with Crippen LogP contribution < -0.4 is 5.32 Å². The summed E-state index contributed by atoms with van der Waals surface area (Å²) < 4.78 is 3.63. The fourth-order valence-corrected chi connectivity index (χ4v) is 1.66. The van der Waals surface area contributed by atoms with Crippen LogP contribution in [0.25, 0.3) is 5.69 Å². The highest BCUT2D eigenvalue weighted by molar-refractivity contribution is 5.24. The molecular weight excluding hydrogens is 202 g/mol. The molecule has 0 atom stereocenters. The average Bonchev–Trinajstić information content (AvgIpc) is 2.81. The molecule has 16 heavy (non-hydrogen) atoms. The summed E-state index contributed by atoms with van der Waals surface area (Å²) in [6.07, 6.45) is 8.35. The van der Waals surface area contributed by atoms with Crippen LogP contribution in [0.3, 0.4) is 0 Å². The minimum absolute atomic E-state index is 0.726. The van der Waals surface area contributed by atoms with Gasteiger partial charge in [0.15, 0.2) is 0 Å². The van der Waals surface area contributed by atoms with Gasteiger partial charge in [-0.2, -0.15) is 10.2 Å². The minimum Gasteiger partial charge on any atom is -0.308 e. The highest BCUT2D eigenvalue weighted by Crippen LogP contribution is 2.19. The predicted octanol–water partition coefficient (Wildman–Crippen LogP) is 0.858. The maximum absolute atomic E-state index is 4.49. The molecule has 5 heteroatoms. The van der Waals surface area contributed by atoms with Gasteiger partial charge in [0, 0.05) is 25.8 Å². The maximum atomic E-state index is 4.49. The maximum Gasteiger partial charge on any atom is 0.102 e. The first-order chi connectivity index (χ1) is 7.81. The van der Waals surface area contributed by atoms with E-state index in [9.17, 15) is 0 Å². The van der Waals surface area contributed by atoms with Crippen LogP contribution in [0.1, 0.15) is 18.5 Å². The minimum atomic E-state index is 0.726. The summed E-state index contributed by atoms with van der Waals surface area (Å²) in [6.45, 7) is 0.859. The Balaban J connectivity index is 1.71. The van der Waals surface area contributed by atoms with Crippen LogP contribution in [0.2, 0.25) is 0 Å². The summed E-state index contributed by atoms with van der Waals surface area (Å²) in [6, 6.07) is 2.77. The normalized spacial score (nSPS) is 15.6. The van der Waals surface area contributed by atoms with Crippen LogP contribution in [0.4, 0.5) is 0 Å². The summed E-state index contributed by atoms with van der Waals surface area (Å²) in [5, 5.41) is 12.1. The van der Waals surface area contributed by atoms with Gasteiger partial charge in [0.2, 0.25) is 0 Å². The standard InChI is InChI=1S/C11H15N5/c1-15-8-11(7-13-15)16-5-4-10(14-16)6-12-9-2-3-9/h4-5,7-9,12H,2-3,6H2,1H3. The molecule has 0 unspecified atom stereocenters. The van der Waals surface area contributed by atoms with E-state index in [-0.39, 0.29) is 0 Å². The topological polar surface area (TPSA) is 47.7 Å². The molecule has 1 aliphatic rings. The lowest BCUT2D eigenvalue weighted by Gasteiger charge is -1.98. The number of rotatable bonds is 4. The molecule has 1 N–H and O–H groups in total. The van der Waals surface area contributed by atoms with Crippen molar-refractivity contribution in [3.05, 3.63) is 30.4 Å². The van der Waals surface area contributed by atoms with Crippen LogP contribution in [-0.4, -0.2) is 25.6 Å². The predicted molar refractivity (Wildman–Crippen MR) is 60.2 cm³/mol. The molecule has 1 aliphatic carbocycles. The summed E-state index contributed by atoms with van der Waals surface area (Å²) >= 11 is 0. The quantitative estimate of drug-likeness (QED) is 0.826. The molecule has 84 valence electrons. The van der Waals surface area contributed by atoms with Crippen molar-refractivity contribution in [3.8, 4) is 5.69 Å². The zero-order valence-corrected chi connectivity index (χ0v) is 9.30. The number of hydrogen-bond acceptors (Lipinski definition) is 3. The zero-order valence-electron chi connectivity index (χ0n) is 9.30. The van der Waals surface area contributed by atoms with Gasteiger partial charge >= 0.3 is 0 Å². The van der Waals surface area contributed by atoms with Crippen LogP contribution in [-0.2, 0) is 13.6 Å². The SMILES string of the molecule is Cn1cc(-n2ccc(CNC3CC3)n2)cn1. The summed E-state index contributed by atoms with van der Waals surface area (Å²) in [7, 11) is 1.91. The first kappa shape index (κ1) is 9.59. The Morgan fingerprint density at radius 2 is 2.38 bits per heavy atom. The van der Waals surface area contributed by atoms with Crippen molar-refractivity contribution in [3.63, 3.8) is 0 Å². The molecule has 0 aliphatic heterocycles. The molecule has 2 aromatic heterocycles. The number of aryl methyl sites for hydroxylation is 1. The van der Waals surface area contributed by atoms with E-state index in [0.717, 1.165) is 24.0 Å². The third-order valence-corrected chi connectivity index (χ3v) is 2.75. The molecular formula is C11H15N5. The van der Waals surface area contributed by atoms with Crippen LogP contribution in [0.15, 0.2) is 24.7 Å². The Morgan fingerprint density at radius 3 is 3.06 bits per heavy atom. The van der Waals surface area contributed by atoms with E-state index in [0.29, 0.717) is 0 Å². The Labute approximate surface area is 94.1 Å². The van der Waals surface area contributed by atoms with E-state index in [1.807, 2.05) is 36.4 Å². The lowest BCUT2D eigenvalue weighted by Crippen LogP contribution is -2.15. The van der Waals surface area contributed by atoms with Crippen molar-refractivity contribution in [1.29, 1.82) is 0 Å². The molecule has 0 radical (unpaired) electrons. The van der Waals surface area contributed by atoms with Gasteiger partial charge in [-0.25, -0.2) is 4.68 Å². The summed E-state index contributed by atoms with van der Waals surface area (Å²) in [4.78, 5) is 0.